The Kier molecular flexibility index (Phi) is 4.16. The third-order valence-electron chi connectivity index (χ3n) is 4.34. The van der Waals surface area contributed by atoms with E-state index in [4.69, 9.17) is 4.52 Å². The van der Waals surface area contributed by atoms with E-state index < -0.39 is 0 Å². The van der Waals surface area contributed by atoms with Crippen LogP contribution in [0.5, 0.6) is 0 Å². The van der Waals surface area contributed by atoms with Crippen LogP contribution in [0.3, 0.4) is 0 Å². The Morgan fingerprint density at radius 2 is 1.78 bits per heavy atom. The van der Waals surface area contributed by atoms with Crippen molar-refractivity contribution in [2.24, 2.45) is 0 Å². The summed E-state index contributed by atoms with van der Waals surface area (Å²) in [5.41, 5.74) is 4.95. The van der Waals surface area contributed by atoms with Crippen LogP contribution in [0.1, 0.15) is 27.3 Å². The van der Waals surface area contributed by atoms with E-state index in [1.54, 1.807) is 19.1 Å². The Bertz CT molecular complexity index is 1150. The summed E-state index contributed by atoms with van der Waals surface area (Å²) < 4.78 is 5.34. The first-order valence-corrected chi connectivity index (χ1v) is 8.60. The number of nitrogens with zero attached hydrogens (tertiary/aromatic N) is 3. The van der Waals surface area contributed by atoms with E-state index in [-0.39, 0.29) is 5.91 Å². The van der Waals surface area contributed by atoms with Crippen molar-refractivity contribution in [2.45, 2.75) is 20.8 Å². The molecule has 4 aromatic rings. The molecule has 3 aromatic heterocycles. The van der Waals surface area contributed by atoms with E-state index in [0.29, 0.717) is 33.9 Å². The van der Waals surface area contributed by atoms with Crippen molar-refractivity contribution >= 4 is 22.8 Å². The molecule has 1 amide bonds. The smallest absolute Gasteiger partial charge is 0.259 e. The molecule has 27 heavy (non-hydrogen) atoms. The largest absolute Gasteiger partial charge is 0.335 e. The molecule has 0 saturated heterocycles. The van der Waals surface area contributed by atoms with Gasteiger partial charge in [-0.1, -0.05) is 41.1 Å². The van der Waals surface area contributed by atoms with Crippen molar-refractivity contribution < 1.29 is 9.32 Å². The Hall–Kier alpha value is -3.54. The van der Waals surface area contributed by atoms with Crippen LogP contribution in [0.2, 0.25) is 0 Å². The molecular weight excluding hydrogens is 340 g/mol. The van der Waals surface area contributed by atoms with Crippen molar-refractivity contribution in [3.63, 3.8) is 0 Å². The van der Waals surface area contributed by atoms with Crippen molar-refractivity contribution in [3.05, 3.63) is 71.0 Å². The van der Waals surface area contributed by atoms with Gasteiger partial charge in [0.1, 0.15) is 5.82 Å². The van der Waals surface area contributed by atoms with Crippen molar-refractivity contribution in [1.82, 2.24) is 15.1 Å². The summed E-state index contributed by atoms with van der Waals surface area (Å²) in [7, 11) is 0. The number of carbonyl (C=O) groups is 1. The van der Waals surface area contributed by atoms with Gasteiger partial charge in [-0.3, -0.25) is 4.79 Å². The van der Waals surface area contributed by atoms with Crippen molar-refractivity contribution in [1.29, 1.82) is 0 Å². The predicted molar refractivity (Wildman–Crippen MR) is 104 cm³/mol. The van der Waals surface area contributed by atoms with E-state index in [0.717, 1.165) is 16.8 Å². The average molecular weight is 358 g/mol. The van der Waals surface area contributed by atoms with Gasteiger partial charge >= 0.3 is 0 Å². The van der Waals surface area contributed by atoms with E-state index >= 15 is 0 Å². The van der Waals surface area contributed by atoms with E-state index in [9.17, 15) is 4.79 Å². The molecule has 0 atom stereocenters. The number of carbonyl (C=O) groups excluding carboxylic acids is 1. The first-order valence-electron chi connectivity index (χ1n) is 8.60. The summed E-state index contributed by atoms with van der Waals surface area (Å²) in [4.78, 5) is 21.8. The number of benzene rings is 1. The predicted octanol–water partition coefficient (Wildman–Crippen LogP) is 4.46. The molecule has 1 N–H and O–H groups in total. The van der Waals surface area contributed by atoms with Gasteiger partial charge in [-0.2, -0.15) is 0 Å². The first kappa shape index (κ1) is 16.9. The minimum Gasteiger partial charge on any atom is -0.335 e. The molecular formula is C21H18N4O2. The van der Waals surface area contributed by atoms with Gasteiger partial charge in [-0.05, 0) is 39.0 Å². The SMILES string of the molecule is Cc1ccc(-c2cc(C(=O)Nc3cccc(C)n3)c3c(C)noc3n2)cc1. The summed E-state index contributed by atoms with van der Waals surface area (Å²) >= 11 is 0. The minimum absolute atomic E-state index is 0.278. The van der Waals surface area contributed by atoms with Crippen molar-refractivity contribution in [2.75, 3.05) is 5.32 Å². The van der Waals surface area contributed by atoms with Gasteiger partial charge in [-0.25, -0.2) is 9.97 Å². The molecule has 134 valence electrons. The third-order valence-corrected chi connectivity index (χ3v) is 4.34. The lowest BCUT2D eigenvalue weighted by Crippen LogP contribution is -2.14. The van der Waals surface area contributed by atoms with Crippen LogP contribution in [-0.2, 0) is 0 Å². The number of aromatic nitrogens is 3. The number of pyridine rings is 2. The van der Waals surface area contributed by atoms with Gasteiger partial charge in [0.25, 0.3) is 11.6 Å². The third kappa shape index (κ3) is 3.29. The van der Waals surface area contributed by atoms with E-state index in [1.165, 1.54) is 0 Å². The lowest BCUT2D eigenvalue weighted by Gasteiger charge is -2.08. The quantitative estimate of drug-likeness (QED) is 0.585. The molecule has 0 aliphatic heterocycles. The summed E-state index contributed by atoms with van der Waals surface area (Å²) in [6, 6.07) is 15.2. The molecule has 0 bridgehead atoms. The second-order valence-electron chi connectivity index (χ2n) is 6.49. The monoisotopic (exact) mass is 358 g/mol. The highest BCUT2D eigenvalue weighted by molar-refractivity contribution is 6.12. The van der Waals surface area contributed by atoms with Crippen LogP contribution in [0.25, 0.3) is 22.4 Å². The van der Waals surface area contributed by atoms with Gasteiger partial charge in [-0.15, -0.1) is 0 Å². The zero-order valence-corrected chi connectivity index (χ0v) is 15.3. The van der Waals surface area contributed by atoms with Gasteiger partial charge in [0.05, 0.1) is 22.3 Å². The highest BCUT2D eigenvalue weighted by Gasteiger charge is 2.19. The maximum atomic E-state index is 13.0. The number of hydrogen-bond acceptors (Lipinski definition) is 5. The van der Waals surface area contributed by atoms with E-state index in [2.05, 4.69) is 20.4 Å². The normalized spacial score (nSPS) is 10.9. The molecule has 6 nitrogen and oxygen atoms in total. The maximum absolute atomic E-state index is 13.0. The van der Waals surface area contributed by atoms with Crippen LogP contribution in [0, 0.1) is 20.8 Å². The standard InChI is InChI=1S/C21H18N4O2/c1-12-7-9-15(10-8-12)17-11-16(19-14(3)25-27-21(19)23-17)20(26)24-18-6-4-5-13(2)22-18/h4-11H,1-3H3,(H,22,24,26). The lowest BCUT2D eigenvalue weighted by atomic mass is 10.0. The molecule has 6 heteroatoms. The van der Waals surface area contributed by atoms with Gasteiger partial charge in [0, 0.05) is 11.3 Å². The highest BCUT2D eigenvalue weighted by Crippen LogP contribution is 2.27. The van der Waals surface area contributed by atoms with Gasteiger partial charge in [0.2, 0.25) is 0 Å². The molecule has 0 saturated carbocycles. The summed E-state index contributed by atoms with van der Waals surface area (Å²) in [5.74, 6) is 0.219. The fourth-order valence-corrected chi connectivity index (χ4v) is 2.94. The average Bonchev–Trinajstić information content (AvgIpc) is 3.03. The number of hydrogen-bond donors (Lipinski definition) is 1. The molecule has 0 unspecified atom stereocenters. The lowest BCUT2D eigenvalue weighted by molar-refractivity contribution is 0.102. The van der Waals surface area contributed by atoms with Crippen molar-refractivity contribution in [3.8, 4) is 11.3 Å². The molecule has 0 aliphatic carbocycles. The number of aryl methyl sites for hydroxylation is 3. The van der Waals surface area contributed by atoms with Crippen LogP contribution in [0.4, 0.5) is 5.82 Å². The molecule has 4 rings (SSSR count). The second-order valence-corrected chi connectivity index (χ2v) is 6.49. The molecule has 0 aliphatic rings. The number of amides is 1. The summed E-state index contributed by atoms with van der Waals surface area (Å²) in [6.45, 7) is 5.69. The Balaban J connectivity index is 1.81. The summed E-state index contributed by atoms with van der Waals surface area (Å²) in [6.07, 6.45) is 0. The molecule has 0 spiro atoms. The number of anilines is 1. The van der Waals surface area contributed by atoms with Crippen LogP contribution < -0.4 is 5.32 Å². The van der Waals surface area contributed by atoms with Crippen LogP contribution in [0.15, 0.2) is 53.1 Å². The number of rotatable bonds is 3. The van der Waals surface area contributed by atoms with E-state index in [1.807, 2.05) is 50.2 Å². The Morgan fingerprint density at radius 1 is 1.00 bits per heavy atom. The molecule has 0 radical (unpaired) electrons. The zero-order valence-electron chi connectivity index (χ0n) is 15.3. The highest BCUT2D eigenvalue weighted by atomic mass is 16.5. The van der Waals surface area contributed by atoms with Crippen LogP contribution in [-0.4, -0.2) is 21.0 Å². The maximum Gasteiger partial charge on any atom is 0.259 e. The van der Waals surface area contributed by atoms with Crippen LogP contribution >= 0.6 is 0 Å². The molecule has 0 fully saturated rings. The minimum atomic E-state index is -0.278. The number of nitrogens with one attached hydrogen (secondary N) is 1. The first-order chi connectivity index (χ1) is 13.0. The number of fused-ring (bicyclic) bond motifs is 1. The second kappa shape index (κ2) is 6.64. The fraction of sp³-hybridized carbons (Fsp3) is 0.143. The van der Waals surface area contributed by atoms with Gasteiger partial charge in [0.15, 0.2) is 0 Å². The topological polar surface area (TPSA) is 80.9 Å². The Morgan fingerprint density at radius 3 is 2.52 bits per heavy atom. The molecule has 3 heterocycles. The summed E-state index contributed by atoms with van der Waals surface area (Å²) in [5, 5.41) is 7.43. The molecule has 1 aromatic carbocycles. The van der Waals surface area contributed by atoms with Gasteiger partial charge < -0.3 is 9.84 Å². The zero-order chi connectivity index (χ0) is 19.0. The Labute approximate surface area is 156 Å². The fourth-order valence-electron chi connectivity index (χ4n) is 2.94.